The largest absolute Gasteiger partial charge is 0.437 e. The molecule has 24 heavy (non-hydrogen) atoms. The lowest BCUT2D eigenvalue weighted by molar-refractivity contribution is 0.481. The average molecular weight is 399 g/mol. The Morgan fingerprint density at radius 2 is 1.25 bits per heavy atom. The third-order valence-electron chi connectivity index (χ3n) is 3.61. The summed E-state index contributed by atoms with van der Waals surface area (Å²) in [5, 5.41) is 1.29. The van der Waals surface area contributed by atoms with Crippen molar-refractivity contribution >= 4 is 39.7 Å². The van der Waals surface area contributed by atoms with Gasteiger partial charge in [0.05, 0.1) is 10.6 Å². The summed E-state index contributed by atoms with van der Waals surface area (Å²) in [6.45, 7) is 4.00. The Hall–Kier alpha value is -2.09. The zero-order valence-corrected chi connectivity index (χ0v) is 15.4. The standard InChI is InChI=1S/C20H16BrO2P/c1-16(19-14-8-9-15-20(19)21)23-24(22,17-10-4-2-5-11-17)18-12-6-3-7-13-18/h2-15H,1H2. The highest BCUT2D eigenvalue weighted by molar-refractivity contribution is 9.10. The molecule has 0 N–H and O–H groups in total. The van der Waals surface area contributed by atoms with Crippen LogP contribution in [0.4, 0.5) is 0 Å². The topological polar surface area (TPSA) is 26.3 Å². The second-order valence-electron chi connectivity index (χ2n) is 5.22. The molecule has 0 bridgehead atoms. The molecule has 0 radical (unpaired) electrons. The highest BCUT2D eigenvalue weighted by Crippen LogP contribution is 2.48. The highest BCUT2D eigenvalue weighted by atomic mass is 79.9. The van der Waals surface area contributed by atoms with Crippen LogP contribution in [0.3, 0.4) is 0 Å². The molecule has 0 aromatic heterocycles. The maximum atomic E-state index is 13.8. The van der Waals surface area contributed by atoms with E-state index in [-0.39, 0.29) is 0 Å². The van der Waals surface area contributed by atoms with Crippen LogP contribution in [0, 0.1) is 0 Å². The van der Waals surface area contributed by atoms with Crippen LogP contribution in [-0.4, -0.2) is 0 Å². The van der Waals surface area contributed by atoms with Gasteiger partial charge in [-0.05, 0) is 30.3 Å². The van der Waals surface area contributed by atoms with Crippen LogP contribution in [-0.2, 0) is 9.09 Å². The maximum Gasteiger partial charge on any atom is 0.306 e. The lowest BCUT2D eigenvalue weighted by Gasteiger charge is -2.22. The molecular formula is C20H16BrO2P. The molecule has 3 rings (SSSR count). The molecule has 0 aliphatic rings. The van der Waals surface area contributed by atoms with Crippen molar-refractivity contribution in [3.8, 4) is 0 Å². The number of benzene rings is 3. The number of hydrogen-bond donors (Lipinski definition) is 0. The Bertz CT molecular complexity index is 848. The van der Waals surface area contributed by atoms with E-state index in [0.717, 1.165) is 10.0 Å². The summed E-state index contributed by atoms with van der Waals surface area (Å²) in [7, 11) is -3.29. The second-order valence-corrected chi connectivity index (χ2v) is 8.39. The monoisotopic (exact) mass is 398 g/mol. The van der Waals surface area contributed by atoms with Gasteiger partial charge in [0.15, 0.2) is 0 Å². The lowest BCUT2D eigenvalue weighted by atomic mass is 10.2. The van der Waals surface area contributed by atoms with Gasteiger partial charge in [-0.3, -0.25) is 4.57 Å². The van der Waals surface area contributed by atoms with E-state index in [9.17, 15) is 4.57 Å². The van der Waals surface area contributed by atoms with E-state index in [0.29, 0.717) is 16.4 Å². The van der Waals surface area contributed by atoms with Gasteiger partial charge in [0.25, 0.3) is 0 Å². The fourth-order valence-electron chi connectivity index (χ4n) is 2.39. The van der Waals surface area contributed by atoms with Crippen LogP contribution in [0.1, 0.15) is 5.56 Å². The zero-order chi connectivity index (χ0) is 17.0. The molecule has 0 unspecified atom stereocenters. The first-order chi connectivity index (χ1) is 11.6. The molecule has 0 saturated heterocycles. The first kappa shape index (κ1) is 16.8. The van der Waals surface area contributed by atoms with E-state index >= 15 is 0 Å². The molecule has 0 fully saturated rings. The minimum absolute atomic E-state index is 0.374. The van der Waals surface area contributed by atoms with Crippen molar-refractivity contribution in [2.24, 2.45) is 0 Å². The van der Waals surface area contributed by atoms with Gasteiger partial charge in [0.1, 0.15) is 5.76 Å². The third-order valence-corrected chi connectivity index (χ3v) is 6.73. The molecule has 0 atom stereocenters. The molecule has 0 aliphatic heterocycles. The second kappa shape index (κ2) is 7.21. The van der Waals surface area contributed by atoms with E-state index in [1.54, 1.807) is 0 Å². The van der Waals surface area contributed by atoms with Gasteiger partial charge in [0, 0.05) is 10.0 Å². The molecule has 3 aromatic carbocycles. The summed E-state index contributed by atoms with van der Waals surface area (Å²) in [4.78, 5) is 0. The van der Waals surface area contributed by atoms with Crippen molar-refractivity contribution in [2.45, 2.75) is 0 Å². The minimum atomic E-state index is -3.29. The molecule has 2 nitrogen and oxygen atoms in total. The van der Waals surface area contributed by atoms with Crippen LogP contribution in [0.25, 0.3) is 5.76 Å². The molecule has 0 spiro atoms. The van der Waals surface area contributed by atoms with Gasteiger partial charge in [-0.1, -0.05) is 77.1 Å². The smallest absolute Gasteiger partial charge is 0.306 e. The lowest BCUT2D eigenvalue weighted by Crippen LogP contribution is -2.17. The van der Waals surface area contributed by atoms with E-state index in [4.69, 9.17) is 4.52 Å². The fraction of sp³-hybridized carbons (Fsp3) is 0. The molecule has 4 heteroatoms. The Morgan fingerprint density at radius 1 is 0.792 bits per heavy atom. The van der Waals surface area contributed by atoms with E-state index < -0.39 is 7.37 Å². The highest BCUT2D eigenvalue weighted by Gasteiger charge is 2.30. The van der Waals surface area contributed by atoms with Crippen molar-refractivity contribution in [1.29, 1.82) is 0 Å². The summed E-state index contributed by atoms with van der Waals surface area (Å²) in [6.07, 6.45) is 0. The van der Waals surface area contributed by atoms with E-state index in [1.807, 2.05) is 84.9 Å². The summed E-state index contributed by atoms with van der Waals surface area (Å²) in [6, 6.07) is 26.1. The van der Waals surface area contributed by atoms with Gasteiger partial charge >= 0.3 is 7.37 Å². The Balaban J connectivity index is 2.06. The van der Waals surface area contributed by atoms with Gasteiger partial charge < -0.3 is 4.52 Å². The van der Waals surface area contributed by atoms with Gasteiger partial charge in [-0.25, -0.2) is 0 Å². The molecule has 0 amide bonds. The summed E-state index contributed by atoms with van der Waals surface area (Å²) in [5.41, 5.74) is 0.782. The zero-order valence-electron chi connectivity index (χ0n) is 12.9. The van der Waals surface area contributed by atoms with Gasteiger partial charge in [-0.15, -0.1) is 0 Å². The van der Waals surface area contributed by atoms with Crippen molar-refractivity contribution in [1.82, 2.24) is 0 Å². The van der Waals surface area contributed by atoms with Crippen molar-refractivity contribution in [3.63, 3.8) is 0 Å². The predicted molar refractivity (Wildman–Crippen MR) is 104 cm³/mol. The predicted octanol–water partition coefficient (Wildman–Crippen LogP) is 5.37. The first-order valence-corrected chi connectivity index (χ1v) is 9.88. The molecule has 0 heterocycles. The van der Waals surface area contributed by atoms with E-state index in [2.05, 4.69) is 22.5 Å². The van der Waals surface area contributed by atoms with Crippen LogP contribution in [0.15, 0.2) is 96.0 Å². The van der Waals surface area contributed by atoms with Crippen LogP contribution in [0.2, 0.25) is 0 Å². The summed E-state index contributed by atoms with van der Waals surface area (Å²) in [5.74, 6) is 0.374. The molecule has 0 saturated carbocycles. The minimum Gasteiger partial charge on any atom is -0.437 e. The first-order valence-electron chi connectivity index (χ1n) is 7.46. The molecule has 120 valence electrons. The van der Waals surface area contributed by atoms with Crippen molar-refractivity contribution in [3.05, 3.63) is 102 Å². The quantitative estimate of drug-likeness (QED) is 0.426. The fourth-order valence-corrected chi connectivity index (χ4v) is 4.95. The molecular weight excluding hydrogens is 383 g/mol. The SMILES string of the molecule is C=C(OP(=O)(c1ccccc1)c1ccccc1)c1ccccc1Br. The van der Waals surface area contributed by atoms with Gasteiger partial charge in [0.2, 0.25) is 0 Å². The summed E-state index contributed by atoms with van der Waals surface area (Å²) < 4.78 is 20.7. The average Bonchev–Trinajstić information content (AvgIpc) is 2.63. The normalized spacial score (nSPS) is 11.0. The van der Waals surface area contributed by atoms with Crippen molar-refractivity contribution in [2.75, 3.05) is 0 Å². The molecule has 3 aromatic rings. The van der Waals surface area contributed by atoms with Crippen LogP contribution < -0.4 is 10.6 Å². The number of halogens is 1. The Morgan fingerprint density at radius 3 is 1.75 bits per heavy atom. The van der Waals surface area contributed by atoms with Crippen LogP contribution >= 0.6 is 23.3 Å². The number of rotatable bonds is 5. The Labute approximate surface area is 150 Å². The van der Waals surface area contributed by atoms with Crippen LogP contribution in [0.5, 0.6) is 0 Å². The van der Waals surface area contributed by atoms with Crippen molar-refractivity contribution < 1.29 is 9.09 Å². The van der Waals surface area contributed by atoms with Gasteiger partial charge in [-0.2, -0.15) is 0 Å². The number of hydrogen-bond acceptors (Lipinski definition) is 2. The van der Waals surface area contributed by atoms with E-state index in [1.165, 1.54) is 0 Å². The Kier molecular flexibility index (Phi) is 5.03. The maximum absolute atomic E-state index is 13.8. The third kappa shape index (κ3) is 3.38. The summed E-state index contributed by atoms with van der Waals surface area (Å²) >= 11 is 3.49. The molecule has 0 aliphatic carbocycles.